The molecule has 27 heavy (non-hydrogen) atoms. The molecule has 1 saturated carbocycles. The Bertz CT molecular complexity index is 645. The predicted octanol–water partition coefficient (Wildman–Crippen LogP) is 3.63. The highest BCUT2D eigenvalue weighted by molar-refractivity contribution is 5.94. The van der Waals surface area contributed by atoms with Crippen LogP contribution in [0, 0.1) is 5.92 Å². The Kier molecular flexibility index (Phi) is 5.83. The van der Waals surface area contributed by atoms with Crippen molar-refractivity contribution >= 4 is 5.91 Å². The second-order valence-electron chi connectivity index (χ2n) is 8.59. The van der Waals surface area contributed by atoms with Crippen LogP contribution in [0.15, 0.2) is 0 Å². The Morgan fingerprint density at radius 3 is 2.67 bits per heavy atom. The molecule has 150 valence electrons. The molecule has 1 aromatic heterocycles. The third-order valence-corrected chi connectivity index (χ3v) is 6.46. The van der Waals surface area contributed by atoms with Gasteiger partial charge in [-0.2, -0.15) is 5.10 Å². The summed E-state index contributed by atoms with van der Waals surface area (Å²) in [5.41, 5.74) is 2.60. The van der Waals surface area contributed by atoms with Gasteiger partial charge in [-0.1, -0.05) is 19.3 Å². The average molecular weight is 376 g/mol. The Morgan fingerprint density at radius 2 is 1.93 bits per heavy atom. The maximum atomic E-state index is 13.0. The number of H-pyrrole nitrogens is 1. The van der Waals surface area contributed by atoms with Gasteiger partial charge in [0.2, 0.25) is 0 Å². The quantitative estimate of drug-likeness (QED) is 0.872. The molecule has 1 saturated heterocycles. The normalized spacial score (nSPS) is 27.6. The molecular formula is C21H33N3O3. The van der Waals surface area contributed by atoms with E-state index >= 15 is 0 Å². The summed E-state index contributed by atoms with van der Waals surface area (Å²) in [5, 5.41) is 7.38. The van der Waals surface area contributed by atoms with Gasteiger partial charge in [0.1, 0.15) is 0 Å². The van der Waals surface area contributed by atoms with E-state index in [-0.39, 0.29) is 18.1 Å². The molecule has 0 aromatic carbocycles. The van der Waals surface area contributed by atoms with Crippen LogP contribution in [-0.4, -0.2) is 52.9 Å². The Labute approximate surface area is 162 Å². The molecule has 6 nitrogen and oxygen atoms in total. The minimum atomic E-state index is -0.0308. The van der Waals surface area contributed by atoms with E-state index in [9.17, 15) is 4.79 Å². The fourth-order valence-electron chi connectivity index (χ4n) is 4.85. The number of likely N-dealkylation sites (tertiary alicyclic amines) is 1. The van der Waals surface area contributed by atoms with Crippen LogP contribution in [0.2, 0.25) is 0 Å². The Morgan fingerprint density at radius 1 is 1.19 bits per heavy atom. The summed E-state index contributed by atoms with van der Waals surface area (Å²) >= 11 is 0. The zero-order valence-corrected chi connectivity index (χ0v) is 16.7. The summed E-state index contributed by atoms with van der Waals surface area (Å²) in [5.74, 6) is 0.805. The number of aromatic amines is 1. The van der Waals surface area contributed by atoms with Crippen LogP contribution in [0.3, 0.4) is 0 Å². The molecule has 4 rings (SSSR count). The van der Waals surface area contributed by atoms with Crippen LogP contribution in [0.5, 0.6) is 0 Å². The number of carbonyl (C=O) groups excluding carboxylic acids is 1. The lowest BCUT2D eigenvalue weighted by atomic mass is 9.90. The van der Waals surface area contributed by atoms with Gasteiger partial charge in [0.15, 0.2) is 5.69 Å². The summed E-state index contributed by atoms with van der Waals surface area (Å²) < 4.78 is 12.0. The summed E-state index contributed by atoms with van der Waals surface area (Å²) in [6.07, 6.45) is 9.75. The molecular weight excluding hydrogens is 342 g/mol. The van der Waals surface area contributed by atoms with Gasteiger partial charge in [-0.15, -0.1) is 0 Å². The number of fused-ring (bicyclic) bond motifs is 1. The lowest BCUT2D eigenvalue weighted by Crippen LogP contribution is -2.42. The third-order valence-electron chi connectivity index (χ3n) is 6.46. The first-order valence-corrected chi connectivity index (χ1v) is 10.7. The van der Waals surface area contributed by atoms with Crippen molar-refractivity contribution in [1.29, 1.82) is 0 Å². The van der Waals surface area contributed by atoms with Crippen LogP contribution in [-0.2, 0) is 15.9 Å². The van der Waals surface area contributed by atoms with E-state index in [1.54, 1.807) is 0 Å². The number of aromatic nitrogens is 2. The summed E-state index contributed by atoms with van der Waals surface area (Å²) in [6, 6.07) is 0. The van der Waals surface area contributed by atoms with E-state index in [1.165, 1.54) is 32.1 Å². The first-order chi connectivity index (χ1) is 13.1. The van der Waals surface area contributed by atoms with Crippen LogP contribution in [0.4, 0.5) is 0 Å². The van der Waals surface area contributed by atoms with Gasteiger partial charge in [0.25, 0.3) is 5.91 Å². The van der Waals surface area contributed by atoms with Crippen LogP contribution in [0.25, 0.3) is 0 Å². The molecule has 2 fully saturated rings. The number of hydrogen-bond acceptors (Lipinski definition) is 4. The van der Waals surface area contributed by atoms with Crippen LogP contribution >= 0.6 is 0 Å². The number of amides is 1. The van der Waals surface area contributed by atoms with Crippen LogP contribution in [0.1, 0.15) is 86.6 Å². The third kappa shape index (κ3) is 4.21. The van der Waals surface area contributed by atoms with Gasteiger partial charge in [-0.3, -0.25) is 9.89 Å². The molecule has 1 aromatic rings. The number of nitrogens with zero attached hydrogens (tertiary/aromatic N) is 2. The highest BCUT2D eigenvalue weighted by atomic mass is 16.5. The first kappa shape index (κ1) is 18.9. The lowest BCUT2D eigenvalue weighted by molar-refractivity contribution is -0.0123. The molecule has 6 heteroatoms. The van der Waals surface area contributed by atoms with Gasteiger partial charge in [0.05, 0.1) is 24.0 Å². The number of ether oxygens (including phenoxy) is 2. The van der Waals surface area contributed by atoms with Gasteiger partial charge in [-0.25, -0.2) is 0 Å². The topological polar surface area (TPSA) is 67.5 Å². The van der Waals surface area contributed by atoms with Crippen molar-refractivity contribution in [3.63, 3.8) is 0 Å². The summed E-state index contributed by atoms with van der Waals surface area (Å²) in [4.78, 5) is 15.0. The van der Waals surface area contributed by atoms with Crippen molar-refractivity contribution in [2.75, 3.05) is 19.7 Å². The van der Waals surface area contributed by atoms with Crippen molar-refractivity contribution in [2.24, 2.45) is 5.92 Å². The van der Waals surface area contributed by atoms with E-state index in [0.29, 0.717) is 11.8 Å². The zero-order chi connectivity index (χ0) is 18.8. The van der Waals surface area contributed by atoms with Crippen LogP contribution < -0.4 is 0 Å². The molecule has 3 heterocycles. The number of rotatable bonds is 4. The lowest BCUT2D eigenvalue weighted by Gasteiger charge is -2.33. The molecule has 1 aliphatic carbocycles. The number of nitrogens with one attached hydrogen (secondary N) is 1. The molecule has 0 unspecified atom stereocenters. The number of piperidine rings is 1. The summed E-state index contributed by atoms with van der Waals surface area (Å²) in [7, 11) is 0. The van der Waals surface area contributed by atoms with Crippen molar-refractivity contribution in [3.05, 3.63) is 17.0 Å². The van der Waals surface area contributed by atoms with Crippen molar-refractivity contribution in [1.82, 2.24) is 15.1 Å². The van der Waals surface area contributed by atoms with Gasteiger partial charge in [-0.05, 0) is 45.4 Å². The largest absolute Gasteiger partial charge is 0.378 e. The minimum Gasteiger partial charge on any atom is -0.378 e. The fourth-order valence-corrected chi connectivity index (χ4v) is 4.85. The molecule has 2 atom stereocenters. The smallest absolute Gasteiger partial charge is 0.274 e. The van der Waals surface area contributed by atoms with Crippen molar-refractivity contribution in [2.45, 2.75) is 83.5 Å². The molecule has 0 spiro atoms. The highest BCUT2D eigenvalue weighted by Crippen LogP contribution is 2.31. The SMILES string of the molecule is C[C@@H]1Cc2c(C(=O)N3CCC(OCC4CCCCC4)CC3)n[nH]c2[C@H](C)O1. The van der Waals surface area contributed by atoms with Crippen molar-refractivity contribution < 1.29 is 14.3 Å². The monoisotopic (exact) mass is 375 g/mol. The second-order valence-corrected chi connectivity index (χ2v) is 8.59. The molecule has 2 aliphatic heterocycles. The first-order valence-electron chi connectivity index (χ1n) is 10.7. The Balaban J connectivity index is 1.30. The maximum Gasteiger partial charge on any atom is 0.274 e. The van der Waals surface area contributed by atoms with E-state index in [4.69, 9.17) is 9.47 Å². The molecule has 0 bridgehead atoms. The Hall–Kier alpha value is -1.40. The maximum absolute atomic E-state index is 13.0. The second kappa shape index (κ2) is 8.31. The van der Waals surface area contributed by atoms with Gasteiger partial charge in [0, 0.05) is 31.7 Å². The number of hydrogen-bond donors (Lipinski definition) is 1. The van der Waals surface area contributed by atoms with E-state index in [0.717, 1.165) is 56.1 Å². The van der Waals surface area contributed by atoms with Gasteiger partial charge >= 0.3 is 0 Å². The fraction of sp³-hybridized carbons (Fsp3) is 0.810. The predicted molar refractivity (Wildman–Crippen MR) is 103 cm³/mol. The highest BCUT2D eigenvalue weighted by Gasteiger charge is 2.33. The standard InChI is InChI=1S/C21H33N3O3/c1-14-12-18-19(15(2)27-14)22-23-20(18)21(25)24-10-8-17(9-11-24)26-13-16-6-4-3-5-7-16/h14-17H,3-13H2,1-2H3,(H,22,23)/t14-,15+/m1/s1. The minimum absolute atomic E-state index is 0.0308. The van der Waals surface area contributed by atoms with E-state index in [1.807, 2.05) is 11.8 Å². The number of carbonyl (C=O) groups is 1. The molecule has 3 aliphatic rings. The average Bonchev–Trinajstić information content (AvgIpc) is 3.11. The van der Waals surface area contributed by atoms with Gasteiger partial charge < -0.3 is 14.4 Å². The molecule has 1 amide bonds. The summed E-state index contributed by atoms with van der Waals surface area (Å²) in [6.45, 7) is 6.49. The van der Waals surface area contributed by atoms with E-state index < -0.39 is 0 Å². The molecule has 1 N–H and O–H groups in total. The zero-order valence-electron chi connectivity index (χ0n) is 16.7. The molecule has 0 radical (unpaired) electrons. The van der Waals surface area contributed by atoms with Crippen molar-refractivity contribution in [3.8, 4) is 0 Å². The van der Waals surface area contributed by atoms with E-state index in [2.05, 4.69) is 17.1 Å².